The third-order valence-electron chi connectivity index (χ3n) is 3.74. The fourth-order valence-electron chi connectivity index (χ4n) is 2.57. The summed E-state index contributed by atoms with van der Waals surface area (Å²) >= 11 is 0. The Morgan fingerprint density at radius 1 is 1.20 bits per heavy atom. The van der Waals surface area contributed by atoms with Crippen LogP contribution in [0.25, 0.3) is 0 Å². The van der Waals surface area contributed by atoms with Crippen molar-refractivity contribution >= 4 is 11.9 Å². The molecule has 1 amide bonds. The van der Waals surface area contributed by atoms with E-state index in [2.05, 4.69) is 38.2 Å². The number of likely N-dealkylation sites (N-methyl/N-ethyl adjacent to an activating group) is 1. The van der Waals surface area contributed by atoms with E-state index in [9.17, 15) is 18.0 Å². The smallest absolute Gasteiger partial charge is 0.475 e. The minimum atomic E-state index is -5.08. The zero-order chi connectivity index (χ0) is 19.4. The molecule has 0 saturated carbocycles. The van der Waals surface area contributed by atoms with Gasteiger partial charge in [0, 0.05) is 7.05 Å². The van der Waals surface area contributed by atoms with Crippen molar-refractivity contribution in [3.63, 3.8) is 0 Å². The lowest BCUT2D eigenvalue weighted by molar-refractivity contribution is -0.192. The number of carboxylic acids is 1. The zero-order valence-corrected chi connectivity index (χ0v) is 14.6. The molecule has 25 heavy (non-hydrogen) atoms. The Labute approximate surface area is 144 Å². The van der Waals surface area contributed by atoms with Crippen LogP contribution in [0.15, 0.2) is 30.3 Å². The summed E-state index contributed by atoms with van der Waals surface area (Å²) in [6.45, 7) is 6.46. The Bertz CT molecular complexity index is 597. The molecule has 1 aromatic carbocycles. The third kappa shape index (κ3) is 6.04. The molecule has 0 aliphatic carbocycles. The van der Waals surface area contributed by atoms with E-state index in [4.69, 9.17) is 9.90 Å². The number of carboxylic acid groups (broad SMARTS) is 1. The average molecular weight is 360 g/mol. The molecule has 2 atom stereocenters. The van der Waals surface area contributed by atoms with Gasteiger partial charge in [0.1, 0.15) is 0 Å². The molecule has 5 nitrogen and oxygen atoms in total. The van der Waals surface area contributed by atoms with Gasteiger partial charge in [-0.05, 0) is 17.4 Å². The van der Waals surface area contributed by atoms with Gasteiger partial charge < -0.3 is 10.0 Å². The predicted molar refractivity (Wildman–Crippen MR) is 86.8 cm³/mol. The van der Waals surface area contributed by atoms with E-state index in [0.717, 1.165) is 6.42 Å². The fraction of sp³-hybridized carbons (Fsp3) is 0.529. The summed E-state index contributed by atoms with van der Waals surface area (Å²) in [5.41, 5.74) is 1.25. The summed E-state index contributed by atoms with van der Waals surface area (Å²) in [5, 5.41) is 10.6. The van der Waals surface area contributed by atoms with Crippen LogP contribution in [0.3, 0.4) is 0 Å². The number of halogens is 3. The summed E-state index contributed by atoms with van der Waals surface area (Å²) in [5.74, 6) is -2.56. The van der Waals surface area contributed by atoms with Gasteiger partial charge in [-0.25, -0.2) is 4.79 Å². The van der Waals surface area contributed by atoms with Crippen LogP contribution in [-0.4, -0.2) is 47.3 Å². The second kappa shape index (κ2) is 7.86. The standard InChI is InChI=1S/C15H22N2O.C2HF3O2/c1-15(2,3)14-16-12(13(18)17(14)4)10-11-8-6-5-7-9-11;3-2(4,5)1(6)7/h5-9,12,14,16H,10H2,1-4H3;(H,6,7)/t12-,14-;/m1./s1. The van der Waals surface area contributed by atoms with Crippen LogP contribution in [0.4, 0.5) is 13.2 Å². The average Bonchev–Trinajstić information content (AvgIpc) is 2.76. The summed E-state index contributed by atoms with van der Waals surface area (Å²) in [6, 6.07) is 10.1. The number of amides is 1. The van der Waals surface area contributed by atoms with Gasteiger partial charge in [-0.2, -0.15) is 13.2 Å². The molecule has 0 spiro atoms. The molecule has 2 rings (SSSR count). The highest BCUT2D eigenvalue weighted by Crippen LogP contribution is 2.27. The van der Waals surface area contributed by atoms with E-state index in [0.29, 0.717) is 0 Å². The van der Waals surface area contributed by atoms with Crippen molar-refractivity contribution in [2.45, 2.75) is 45.6 Å². The Balaban J connectivity index is 0.000000381. The SMILES string of the molecule is CN1C(=O)[C@@H](Cc2ccccc2)N[C@H]1C(C)(C)C.O=C(O)C(F)(F)F. The van der Waals surface area contributed by atoms with Crippen molar-refractivity contribution in [2.75, 3.05) is 7.05 Å². The van der Waals surface area contributed by atoms with Crippen LogP contribution in [0.2, 0.25) is 0 Å². The molecule has 1 saturated heterocycles. The van der Waals surface area contributed by atoms with Crippen LogP contribution in [0.1, 0.15) is 26.3 Å². The van der Waals surface area contributed by atoms with E-state index in [1.807, 2.05) is 30.1 Å². The Morgan fingerprint density at radius 3 is 2.04 bits per heavy atom. The van der Waals surface area contributed by atoms with Crippen molar-refractivity contribution < 1.29 is 27.9 Å². The first-order valence-electron chi connectivity index (χ1n) is 7.71. The molecular formula is C17H23F3N2O3. The second-order valence-electron chi connectivity index (χ2n) is 6.93. The van der Waals surface area contributed by atoms with Crippen molar-refractivity contribution in [1.82, 2.24) is 10.2 Å². The van der Waals surface area contributed by atoms with E-state index >= 15 is 0 Å². The van der Waals surface area contributed by atoms with Gasteiger partial charge in [-0.1, -0.05) is 51.1 Å². The van der Waals surface area contributed by atoms with Crippen LogP contribution >= 0.6 is 0 Å². The number of hydrogen-bond acceptors (Lipinski definition) is 3. The number of benzene rings is 1. The van der Waals surface area contributed by atoms with Gasteiger partial charge in [-0.15, -0.1) is 0 Å². The highest BCUT2D eigenvalue weighted by atomic mass is 19.4. The van der Waals surface area contributed by atoms with E-state index in [1.165, 1.54) is 5.56 Å². The molecule has 1 fully saturated rings. The Morgan fingerprint density at radius 2 is 1.68 bits per heavy atom. The first-order valence-corrected chi connectivity index (χ1v) is 7.71. The highest BCUT2D eigenvalue weighted by Gasteiger charge is 2.42. The lowest BCUT2D eigenvalue weighted by atomic mass is 9.92. The first kappa shape index (κ1) is 21.0. The molecule has 1 heterocycles. The third-order valence-corrected chi connectivity index (χ3v) is 3.74. The molecule has 1 aliphatic rings. The first-order chi connectivity index (χ1) is 11.3. The van der Waals surface area contributed by atoms with Crippen LogP contribution in [0, 0.1) is 5.41 Å². The number of hydrogen-bond donors (Lipinski definition) is 2. The summed E-state index contributed by atoms with van der Waals surface area (Å²) in [4.78, 5) is 23.0. The van der Waals surface area contributed by atoms with E-state index < -0.39 is 12.1 Å². The van der Waals surface area contributed by atoms with Crippen molar-refractivity contribution in [2.24, 2.45) is 5.41 Å². The molecule has 0 bridgehead atoms. The van der Waals surface area contributed by atoms with Crippen LogP contribution in [-0.2, 0) is 16.0 Å². The predicted octanol–water partition coefficient (Wildman–Crippen LogP) is 2.66. The van der Waals surface area contributed by atoms with Crippen LogP contribution < -0.4 is 5.32 Å². The molecule has 0 aromatic heterocycles. The minimum absolute atomic E-state index is 0.0514. The molecule has 2 N–H and O–H groups in total. The Hall–Kier alpha value is -2.09. The van der Waals surface area contributed by atoms with Gasteiger partial charge >= 0.3 is 12.1 Å². The molecule has 0 radical (unpaired) electrons. The summed E-state index contributed by atoms with van der Waals surface area (Å²) < 4.78 is 31.7. The topological polar surface area (TPSA) is 69.6 Å². The second-order valence-corrected chi connectivity index (χ2v) is 6.93. The fourth-order valence-corrected chi connectivity index (χ4v) is 2.57. The van der Waals surface area contributed by atoms with Crippen molar-refractivity contribution in [1.29, 1.82) is 0 Å². The maximum absolute atomic E-state index is 12.2. The molecular weight excluding hydrogens is 337 g/mol. The zero-order valence-electron chi connectivity index (χ0n) is 14.6. The quantitative estimate of drug-likeness (QED) is 0.851. The van der Waals surface area contributed by atoms with Gasteiger partial charge in [0.2, 0.25) is 5.91 Å². The van der Waals surface area contributed by atoms with Gasteiger partial charge in [0.15, 0.2) is 0 Å². The number of alkyl halides is 3. The van der Waals surface area contributed by atoms with E-state index in [1.54, 1.807) is 0 Å². The van der Waals surface area contributed by atoms with Crippen molar-refractivity contribution in [3.05, 3.63) is 35.9 Å². The molecule has 1 aromatic rings. The van der Waals surface area contributed by atoms with Gasteiger partial charge in [-0.3, -0.25) is 10.1 Å². The monoisotopic (exact) mass is 360 g/mol. The van der Waals surface area contributed by atoms with Gasteiger partial charge in [0.25, 0.3) is 0 Å². The van der Waals surface area contributed by atoms with E-state index in [-0.39, 0.29) is 23.5 Å². The normalized spacial score (nSPS) is 20.9. The van der Waals surface area contributed by atoms with Gasteiger partial charge in [0.05, 0.1) is 12.2 Å². The molecule has 1 aliphatic heterocycles. The maximum atomic E-state index is 12.2. The number of rotatable bonds is 2. The number of carbonyl (C=O) groups is 2. The summed E-state index contributed by atoms with van der Waals surface area (Å²) in [6.07, 6.45) is -4.21. The van der Waals surface area contributed by atoms with Crippen molar-refractivity contribution in [3.8, 4) is 0 Å². The lowest BCUT2D eigenvalue weighted by Crippen LogP contribution is -2.45. The maximum Gasteiger partial charge on any atom is 0.490 e. The minimum Gasteiger partial charge on any atom is -0.475 e. The summed E-state index contributed by atoms with van der Waals surface area (Å²) in [7, 11) is 1.89. The number of nitrogens with one attached hydrogen (secondary N) is 1. The molecule has 140 valence electrons. The number of carbonyl (C=O) groups excluding carboxylic acids is 1. The Kier molecular flexibility index (Phi) is 6.59. The lowest BCUT2D eigenvalue weighted by Gasteiger charge is -2.32. The highest BCUT2D eigenvalue weighted by molar-refractivity contribution is 5.84. The molecule has 8 heteroatoms. The number of aliphatic carboxylic acids is 1. The largest absolute Gasteiger partial charge is 0.490 e. The molecule has 0 unspecified atom stereocenters. The number of nitrogens with zero attached hydrogens (tertiary/aromatic N) is 1. The van der Waals surface area contributed by atoms with Crippen LogP contribution in [0.5, 0.6) is 0 Å².